The molecule has 0 aliphatic heterocycles. The maximum Gasteiger partial charge on any atom is 0.371 e. The molecule has 0 unspecified atom stereocenters. The molecule has 0 aliphatic rings. The van der Waals surface area contributed by atoms with E-state index in [0.717, 1.165) is 5.56 Å². The van der Waals surface area contributed by atoms with Gasteiger partial charge in [0.05, 0.1) is 13.2 Å². The van der Waals surface area contributed by atoms with Crippen LogP contribution in [0.2, 0.25) is 0 Å². The quantitative estimate of drug-likeness (QED) is 0.582. The van der Waals surface area contributed by atoms with Gasteiger partial charge in [0.2, 0.25) is 0 Å². The van der Waals surface area contributed by atoms with Gasteiger partial charge in [-0.15, -0.1) is 0 Å². The highest BCUT2D eigenvalue weighted by atomic mass is 32.1. The molecule has 0 atom stereocenters. The number of allylic oxidation sites excluding steroid dienone is 1. The van der Waals surface area contributed by atoms with Crippen molar-refractivity contribution < 1.29 is 13.6 Å². The molecule has 4 nitrogen and oxygen atoms in total. The summed E-state index contributed by atoms with van der Waals surface area (Å²) in [5.41, 5.74) is 0.825. The Balaban J connectivity index is 3.06. The fraction of sp³-hybridized carbons (Fsp3) is 0.364. The highest BCUT2D eigenvalue weighted by molar-refractivity contribution is 7.59. The molecule has 0 fully saturated rings. The van der Waals surface area contributed by atoms with Gasteiger partial charge in [-0.1, -0.05) is 0 Å². The number of nitriles is 1. The lowest BCUT2D eigenvalue weighted by Crippen LogP contribution is -1.97. The third-order valence-corrected chi connectivity index (χ3v) is 4.57. The van der Waals surface area contributed by atoms with Crippen LogP contribution in [0.5, 0.6) is 0 Å². The lowest BCUT2D eigenvalue weighted by Gasteiger charge is -2.15. The zero-order valence-corrected chi connectivity index (χ0v) is 11.5. The van der Waals surface area contributed by atoms with Crippen molar-refractivity contribution in [3.05, 3.63) is 27.7 Å². The first-order valence-electron chi connectivity index (χ1n) is 5.20. The van der Waals surface area contributed by atoms with Crippen LogP contribution in [-0.4, -0.2) is 13.2 Å². The zero-order chi connectivity index (χ0) is 12.7. The van der Waals surface area contributed by atoms with E-state index < -0.39 is 7.60 Å². The molecular weight excluding hydrogens is 257 g/mol. The van der Waals surface area contributed by atoms with E-state index in [1.807, 2.05) is 22.9 Å². The van der Waals surface area contributed by atoms with Gasteiger partial charge < -0.3 is 9.05 Å². The van der Waals surface area contributed by atoms with Gasteiger partial charge in [0.25, 0.3) is 0 Å². The van der Waals surface area contributed by atoms with Crippen LogP contribution in [-0.2, 0) is 13.6 Å². The summed E-state index contributed by atoms with van der Waals surface area (Å²) in [5, 5.41) is 12.9. The van der Waals surface area contributed by atoms with Crippen molar-refractivity contribution in [3.8, 4) is 6.07 Å². The zero-order valence-electron chi connectivity index (χ0n) is 9.75. The van der Waals surface area contributed by atoms with E-state index in [2.05, 4.69) is 0 Å². The molecule has 1 aromatic rings. The maximum absolute atomic E-state index is 12.3. The minimum atomic E-state index is -3.47. The topological polar surface area (TPSA) is 59.3 Å². The summed E-state index contributed by atoms with van der Waals surface area (Å²) < 4.78 is 22.6. The van der Waals surface area contributed by atoms with Crippen LogP contribution in [0.1, 0.15) is 19.4 Å². The molecule has 1 aromatic heterocycles. The summed E-state index contributed by atoms with van der Waals surface area (Å²) in [6.07, 6.45) is 1.54. The number of hydrogen-bond donors (Lipinski definition) is 0. The molecule has 0 saturated carbocycles. The van der Waals surface area contributed by atoms with Crippen molar-refractivity contribution in [1.29, 1.82) is 5.26 Å². The van der Waals surface area contributed by atoms with Gasteiger partial charge in [-0.3, -0.25) is 4.57 Å². The Labute approximate surface area is 105 Å². The molecule has 0 N–H and O–H groups in total. The molecule has 0 radical (unpaired) electrons. The van der Waals surface area contributed by atoms with Crippen molar-refractivity contribution in [1.82, 2.24) is 0 Å². The lowest BCUT2D eigenvalue weighted by atomic mass is 10.3. The minimum Gasteiger partial charge on any atom is -0.305 e. The molecule has 0 amide bonds. The molecule has 0 bridgehead atoms. The average Bonchev–Trinajstić information content (AvgIpc) is 2.79. The summed E-state index contributed by atoms with van der Waals surface area (Å²) in [6.45, 7) is 3.90. The number of nitrogens with zero attached hydrogens (tertiary/aromatic N) is 1. The largest absolute Gasteiger partial charge is 0.371 e. The second-order valence-corrected chi connectivity index (χ2v) is 5.80. The van der Waals surface area contributed by atoms with E-state index in [4.69, 9.17) is 14.3 Å². The van der Waals surface area contributed by atoms with Crippen molar-refractivity contribution in [2.45, 2.75) is 13.8 Å². The standard InChI is InChI=1S/C11H14NO3PS/c1-3-14-16(13,15-4-2)11(8-12)7-10-5-6-17-9-10/h5-7,9H,3-4H2,1-2H3/b11-7+. The van der Waals surface area contributed by atoms with Gasteiger partial charge in [-0.05, 0) is 42.3 Å². The van der Waals surface area contributed by atoms with Crippen molar-refractivity contribution >= 4 is 25.0 Å². The average molecular weight is 271 g/mol. The van der Waals surface area contributed by atoms with Crippen LogP contribution in [0, 0.1) is 11.3 Å². The van der Waals surface area contributed by atoms with Crippen molar-refractivity contribution in [2.24, 2.45) is 0 Å². The first-order valence-corrected chi connectivity index (χ1v) is 7.68. The Kier molecular flexibility index (Phi) is 5.60. The van der Waals surface area contributed by atoms with Crippen LogP contribution in [0.3, 0.4) is 0 Å². The summed E-state index contributed by atoms with van der Waals surface area (Å²) in [4.78, 5) is 0. The Morgan fingerprint density at radius 1 is 1.53 bits per heavy atom. The Hall–Kier alpha value is -0.920. The van der Waals surface area contributed by atoms with Gasteiger partial charge in [-0.25, -0.2) is 0 Å². The molecule has 1 rings (SSSR count). The summed E-state index contributed by atoms with van der Waals surface area (Å²) in [6, 6.07) is 3.74. The van der Waals surface area contributed by atoms with E-state index in [-0.39, 0.29) is 18.5 Å². The summed E-state index contributed by atoms with van der Waals surface area (Å²) in [7, 11) is -3.47. The molecule has 92 valence electrons. The second-order valence-electron chi connectivity index (χ2n) is 3.03. The van der Waals surface area contributed by atoms with Gasteiger partial charge in [0, 0.05) is 0 Å². The molecule has 6 heteroatoms. The van der Waals surface area contributed by atoms with Gasteiger partial charge in [-0.2, -0.15) is 16.6 Å². The third kappa shape index (κ3) is 3.79. The van der Waals surface area contributed by atoms with E-state index in [1.165, 1.54) is 11.3 Å². The van der Waals surface area contributed by atoms with Crippen molar-refractivity contribution in [3.63, 3.8) is 0 Å². The fourth-order valence-electron chi connectivity index (χ4n) is 1.20. The molecule has 17 heavy (non-hydrogen) atoms. The number of hydrogen-bond acceptors (Lipinski definition) is 5. The predicted molar refractivity (Wildman–Crippen MR) is 68.8 cm³/mol. The Morgan fingerprint density at radius 2 is 2.18 bits per heavy atom. The molecular formula is C11H14NO3PS. The molecule has 0 saturated heterocycles. The smallest absolute Gasteiger partial charge is 0.305 e. The van der Waals surface area contributed by atoms with Crippen LogP contribution in [0.25, 0.3) is 6.08 Å². The van der Waals surface area contributed by atoms with Gasteiger partial charge >= 0.3 is 7.60 Å². The van der Waals surface area contributed by atoms with E-state index in [9.17, 15) is 4.57 Å². The minimum absolute atomic E-state index is 0.0413. The Morgan fingerprint density at radius 3 is 2.59 bits per heavy atom. The highest BCUT2D eigenvalue weighted by Gasteiger charge is 2.29. The first kappa shape index (κ1) is 14.1. The molecule has 0 aromatic carbocycles. The normalized spacial score (nSPS) is 12.4. The predicted octanol–water partition coefficient (Wildman–Crippen LogP) is 3.88. The second kappa shape index (κ2) is 6.73. The van der Waals surface area contributed by atoms with Crippen LogP contribution in [0.15, 0.2) is 22.1 Å². The van der Waals surface area contributed by atoms with Crippen LogP contribution < -0.4 is 0 Å². The monoisotopic (exact) mass is 271 g/mol. The van der Waals surface area contributed by atoms with E-state index in [1.54, 1.807) is 19.9 Å². The van der Waals surface area contributed by atoms with Gasteiger partial charge in [0.15, 0.2) is 0 Å². The van der Waals surface area contributed by atoms with E-state index in [0.29, 0.717) is 0 Å². The van der Waals surface area contributed by atoms with Crippen LogP contribution >= 0.6 is 18.9 Å². The maximum atomic E-state index is 12.3. The highest BCUT2D eigenvalue weighted by Crippen LogP contribution is 2.56. The number of rotatable bonds is 6. The summed E-state index contributed by atoms with van der Waals surface area (Å²) >= 11 is 1.50. The number of thiophene rings is 1. The first-order chi connectivity index (χ1) is 8.16. The molecule has 1 heterocycles. The lowest BCUT2D eigenvalue weighted by molar-refractivity contribution is 0.227. The van der Waals surface area contributed by atoms with Crippen molar-refractivity contribution in [2.75, 3.05) is 13.2 Å². The SMILES string of the molecule is CCOP(=O)(OCC)/C(C#N)=C/c1ccsc1. The molecule has 0 aliphatic carbocycles. The van der Waals surface area contributed by atoms with E-state index >= 15 is 0 Å². The van der Waals surface area contributed by atoms with Crippen LogP contribution in [0.4, 0.5) is 0 Å². The van der Waals surface area contributed by atoms with Gasteiger partial charge in [0.1, 0.15) is 11.4 Å². The summed E-state index contributed by atoms with van der Waals surface area (Å²) in [5.74, 6) is 0. The Bertz CT molecular complexity index is 452. The fourth-order valence-corrected chi connectivity index (χ4v) is 3.28. The molecule has 0 spiro atoms. The third-order valence-electron chi connectivity index (χ3n) is 1.85.